The monoisotopic (exact) mass is 1270 g/mol. The van der Waals surface area contributed by atoms with Crippen LogP contribution in [0.4, 0.5) is 0 Å². The van der Waals surface area contributed by atoms with Crippen LogP contribution in [0.3, 0.4) is 0 Å². The van der Waals surface area contributed by atoms with Crippen molar-refractivity contribution in [2.45, 2.75) is 0 Å². The number of fused-ring (bicyclic) bond motifs is 4. The molecule has 0 saturated carbocycles. The molecule has 0 fully saturated rings. The maximum atomic E-state index is 5.26. The molecule has 0 aliphatic carbocycles. The average molecular weight is 1270 g/mol. The van der Waals surface area contributed by atoms with E-state index in [2.05, 4.69) is 346 Å². The standard InChI is InChI=1S/C96H62N4/c1-8-24-67(25-9-1)88-61-79(62-89(97-88)68-26-10-2-11-27-68)66-42-40-63(41-43-66)77-53-56-83-86(59-77)93(72-34-18-6-19-35-72)87-60-78(54-57-84(87)91(83)70-30-14-4-15-31-70)65-46-50-75(51-47-65)96-99-94(73-36-20-7-21-37-73)98-95(100-96)74-48-44-64(45-49-74)76-52-55-82-85(58-76)92(71-32-16-5-17-33-71)81-39-23-22-38-80(81)90(82)69-28-12-3-13-29-69/h1-62H. The van der Waals surface area contributed by atoms with Crippen LogP contribution >= 0.6 is 0 Å². The van der Waals surface area contributed by atoms with Crippen molar-refractivity contribution in [2.75, 3.05) is 0 Å². The molecular formula is C96H62N4. The minimum Gasteiger partial charge on any atom is -0.248 e. The Morgan fingerprint density at radius 2 is 0.330 bits per heavy atom. The predicted molar refractivity (Wildman–Crippen MR) is 418 cm³/mol. The summed E-state index contributed by atoms with van der Waals surface area (Å²) in [5.41, 5.74) is 25.3. The number of aromatic nitrogens is 4. The molecule has 18 rings (SSSR count). The molecule has 0 aliphatic rings. The zero-order valence-corrected chi connectivity index (χ0v) is 54.6. The molecule has 0 atom stereocenters. The Morgan fingerprint density at radius 3 is 0.640 bits per heavy atom. The van der Waals surface area contributed by atoms with Gasteiger partial charge in [0.05, 0.1) is 11.4 Å². The van der Waals surface area contributed by atoms with Gasteiger partial charge in [-0.1, -0.05) is 346 Å². The van der Waals surface area contributed by atoms with Crippen LogP contribution in [0, 0.1) is 0 Å². The lowest BCUT2D eigenvalue weighted by atomic mass is 9.84. The van der Waals surface area contributed by atoms with Gasteiger partial charge in [-0.05, 0) is 162 Å². The van der Waals surface area contributed by atoms with Crippen molar-refractivity contribution in [3.8, 4) is 146 Å². The van der Waals surface area contributed by atoms with Crippen LogP contribution in [0.5, 0.6) is 0 Å². The Hall–Kier alpha value is -13.3. The fourth-order valence-electron chi connectivity index (χ4n) is 14.6. The summed E-state index contributed by atoms with van der Waals surface area (Å²) in [6.45, 7) is 0. The Balaban J connectivity index is 0.710. The molecule has 100 heavy (non-hydrogen) atoms. The van der Waals surface area contributed by atoms with E-state index in [-0.39, 0.29) is 0 Å². The Bertz CT molecular complexity index is 5990. The molecule has 0 radical (unpaired) electrons. The van der Waals surface area contributed by atoms with E-state index in [1.54, 1.807) is 0 Å². The molecule has 16 aromatic carbocycles. The Morgan fingerprint density at radius 1 is 0.120 bits per heavy atom. The second-order valence-electron chi connectivity index (χ2n) is 25.6. The summed E-state index contributed by atoms with van der Waals surface area (Å²) in [4.78, 5) is 20.8. The first-order valence-electron chi connectivity index (χ1n) is 34.1. The zero-order valence-electron chi connectivity index (χ0n) is 54.6. The number of nitrogens with zero attached hydrogens (tertiary/aromatic N) is 4. The van der Waals surface area contributed by atoms with Crippen LogP contribution in [0.2, 0.25) is 0 Å². The van der Waals surface area contributed by atoms with Crippen molar-refractivity contribution in [1.29, 1.82) is 0 Å². The molecule has 4 nitrogen and oxygen atoms in total. The molecule has 466 valence electrons. The lowest BCUT2D eigenvalue weighted by Crippen LogP contribution is -2.00. The molecule has 2 aromatic heterocycles. The average Bonchev–Trinajstić information content (AvgIpc) is 0.731. The van der Waals surface area contributed by atoms with Gasteiger partial charge in [0.15, 0.2) is 17.5 Å². The second-order valence-corrected chi connectivity index (χ2v) is 25.6. The number of hydrogen-bond acceptors (Lipinski definition) is 4. The van der Waals surface area contributed by atoms with Crippen molar-refractivity contribution >= 4 is 43.1 Å². The van der Waals surface area contributed by atoms with E-state index in [0.717, 1.165) is 89.3 Å². The summed E-state index contributed by atoms with van der Waals surface area (Å²) in [7, 11) is 0. The molecule has 2 heterocycles. The van der Waals surface area contributed by atoms with Crippen molar-refractivity contribution in [2.24, 2.45) is 0 Å². The van der Waals surface area contributed by atoms with Crippen LogP contribution in [-0.4, -0.2) is 19.9 Å². The first-order valence-corrected chi connectivity index (χ1v) is 34.1. The highest BCUT2D eigenvalue weighted by Crippen LogP contribution is 2.48. The van der Waals surface area contributed by atoms with Crippen LogP contribution < -0.4 is 0 Å². The Labute approximate surface area is 581 Å². The molecule has 0 bridgehead atoms. The van der Waals surface area contributed by atoms with Gasteiger partial charge in [-0.3, -0.25) is 0 Å². The first-order chi connectivity index (χ1) is 49.6. The summed E-state index contributed by atoms with van der Waals surface area (Å²) in [5.74, 6) is 1.82. The maximum Gasteiger partial charge on any atom is 0.164 e. The summed E-state index contributed by atoms with van der Waals surface area (Å²) in [5, 5.41) is 9.65. The highest BCUT2D eigenvalue weighted by Gasteiger charge is 2.22. The van der Waals surface area contributed by atoms with E-state index in [0.29, 0.717) is 17.5 Å². The minimum absolute atomic E-state index is 0.602. The van der Waals surface area contributed by atoms with Crippen LogP contribution in [0.15, 0.2) is 376 Å². The molecule has 0 saturated heterocycles. The van der Waals surface area contributed by atoms with Crippen LogP contribution in [0.25, 0.3) is 189 Å². The molecule has 4 heteroatoms. The summed E-state index contributed by atoms with van der Waals surface area (Å²) in [6.07, 6.45) is 0. The second kappa shape index (κ2) is 25.7. The van der Waals surface area contributed by atoms with Gasteiger partial charge >= 0.3 is 0 Å². The van der Waals surface area contributed by atoms with E-state index < -0.39 is 0 Å². The van der Waals surface area contributed by atoms with Crippen molar-refractivity contribution in [3.05, 3.63) is 376 Å². The zero-order chi connectivity index (χ0) is 66.3. The Kier molecular flexibility index (Phi) is 15.2. The van der Waals surface area contributed by atoms with Crippen molar-refractivity contribution in [1.82, 2.24) is 19.9 Å². The van der Waals surface area contributed by atoms with Crippen molar-refractivity contribution in [3.63, 3.8) is 0 Å². The van der Waals surface area contributed by atoms with Crippen LogP contribution in [-0.2, 0) is 0 Å². The number of pyridine rings is 1. The minimum atomic E-state index is 0.602. The highest BCUT2D eigenvalue weighted by atomic mass is 15.0. The van der Waals surface area contributed by atoms with E-state index in [9.17, 15) is 0 Å². The third kappa shape index (κ3) is 11.2. The lowest BCUT2D eigenvalue weighted by Gasteiger charge is -2.20. The molecule has 0 N–H and O–H groups in total. The first kappa shape index (κ1) is 59.2. The normalized spacial score (nSPS) is 11.4. The van der Waals surface area contributed by atoms with Gasteiger partial charge in [-0.25, -0.2) is 19.9 Å². The van der Waals surface area contributed by atoms with Gasteiger partial charge in [-0.2, -0.15) is 0 Å². The molecule has 0 aliphatic heterocycles. The fourth-order valence-corrected chi connectivity index (χ4v) is 14.6. The molecule has 0 amide bonds. The number of benzene rings is 16. The van der Waals surface area contributed by atoms with Crippen molar-refractivity contribution < 1.29 is 0 Å². The van der Waals surface area contributed by atoms with E-state index in [4.69, 9.17) is 19.9 Å². The van der Waals surface area contributed by atoms with E-state index >= 15 is 0 Å². The SMILES string of the molecule is c1ccc(-c2cc(-c3ccc(-c4ccc5c(-c6ccccc6)c6ccc(-c7ccc(-c8nc(-c9ccccc9)nc(-c9ccc(-c%10ccc%11c(-c%12ccccc%12)c%12ccccc%12c(-c%12ccccc%12)c%11c%10)cc9)n8)cc7)cc6c(-c6ccccc6)c5c4)cc3)cc(-c3ccccc3)n2)cc1. The molecule has 0 unspecified atom stereocenters. The van der Waals surface area contributed by atoms with Gasteiger partial charge in [0.25, 0.3) is 0 Å². The van der Waals surface area contributed by atoms with Gasteiger partial charge in [-0.15, -0.1) is 0 Å². The quantitative estimate of drug-likeness (QED) is 0.108. The molecule has 0 spiro atoms. The third-order valence-corrected chi connectivity index (χ3v) is 19.5. The molecule has 18 aromatic rings. The summed E-state index contributed by atoms with van der Waals surface area (Å²) in [6, 6.07) is 135. The fraction of sp³-hybridized carbons (Fsp3) is 0. The van der Waals surface area contributed by atoms with Gasteiger partial charge in [0, 0.05) is 27.8 Å². The summed E-state index contributed by atoms with van der Waals surface area (Å²) < 4.78 is 0. The smallest absolute Gasteiger partial charge is 0.164 e. The predicted octanol–water partition coefficient (Wildman–Crippen LogP) is 25.6. The van der Waals surface area contributed by atoms with E-state index in [1.807, 2.05) is 30.3 Å². The number of rotatable bonds is 13. The van der Waals surface area contributed by atoms with Crippen LogP contribution in [0.1, 0.15) is 0 Å². The topological polar surface area (TPSA) is 51.6 Å². The third-order valence-electron chi connectivity index (χ3n) is 19.5. The lowest BCUT2D eigenvalue weighted by molar-refractivity contribution is 1.07. The van der Waals surface area contributed by atoms with Gasteiger partial charge in [0.1, 0.15) is 0 Å². The summed E-state index contributed by atoms with van der Waals surface area (Å²) >= 11 is 0. The highest BCUT2D eigenvalue weighted by molar-refractivity contribution is 6.24. The largest absolute Gasteiger partial charge is 0.248 e. The van der Waals surface area contributed by atoms with Gasteiger partial charge < -0.3 is 0 Å². The van der Waals surface area contributed by atoms with E-state index in [1.165, 1.54) is 82.0 Å². The van der Waals surface area contributed by atoms with Gasteiger partial charge in [0.2, 0.25) is 0 Å². The maximum absolute atomic E-state index is 5.26. The molecular weight excluding hydrogens is 1210 g/mol. The number of hydrogen-bond donors (Lipinski definition) is 0.